The molecule has 0 saturated carbocycles. The largest absolute Gasteiger partial charge is 1.00 e. The first-order chi connectivity index (χ1) is 19.7. The van der Waals surface area contributed by atoms with E-state index in [0.29, 0.717) is 5.56 Å². The average molecular weight is 574 g/mol. The Balaban J connectivity index is 0.00000337. The Labute approximate surface area is 246 Å². The minimum atomic E-state index is -2.34. The van der Waals surface area contributed by atoms with Gasteiger partial charge in [-0.1, -0.05) is 84.9 Å². The fourth-order valence-corrected chi connectivity index (χ4v) is 9.65. The van der Waals surface area contributed by atoms with E-state index < -0.39 is 7.26 Å². The van der Waals surface area contributed by atoms with E-state index in [1.54, 1.807) is 10.9 Å². The van der Waals surface area contributed by atoms with Crippen LogP contribution in [0, 0.1) is 6.92 Å². The number of para-hydroxylation sites is 2. The zero-order valence-electron chi connectivity index (χ0n) is 22.6. The zero-order valence-corrected chi connectivity index (χ0v) is 24.2. The van der Waals surface area contributed by atoms with E-state index in [1.165, 1.54) is 15.9 Å². The highest BCUT2D eigenvalue weighted by molar-refractivity contribution is 8.01. The Morgan fingerprint density at radius 3 is 1.59 bits per heavy atom. The molecule has 0 bridgehead atoms. The number of H-pyrrole nitrogens is 1. The molecule has 5 aromatic carbocycles. The first kappa shape index (κ1) is 28.0. The standard InChI is InChI=1S/C35H28N3OP.ClH/c1-27-32(35(39)38(37-27)28-16-6-2-7-17-28)26-36-33-24-14-15-25-34(33)40(29-18-8-3-9-19-29,30-20-10-4-11-21-30)31-22-12-5-13-23-31;/h2-26H,1H3;1H. The Bertz CT molecular complexity index is 1720. The molecule has 6 rings (SSSR count). The van der Waals surface area contributed by atoms with Crippen molar-refractivity contribution in [2.45, 2.75) is 6.92 Å². The number of hydrogen-bond acceptors (Lipinski definition) is 2. The minimum absolute atomic E-state index is 0. The van der Waals surface area contributed by atoms with Crippen LogP contribution in [0.1, 0.15) is 11.3 Å². The molecule has 0 saturated heterocycles. The van der Waals surface area contributed by atoms with Gasteiger partial charge >= 0.3 is 0 Å². The number of nitrogens with zero attached hydrogens (tertiary/aromatic N) is 2. The monoisotopic (exact) mass is 573 g/mol. The van der Waals surface area contributed by atoms with Crippen molar-refractivity contribution in [2.75, 3.05) is 0 Å². The summed E-state index contributed by atoms with van der Waals surface area (Å²) in [4.78, 5) is 18.4. The molecule has 0 radical (unpaired) electrons. The molecule has 0 amide bonds. The number of aromatic nitrogens is 2. The summed E-state index contributed by atoms with van der Waals surface area (Å²) in [5, 5.41) is 8.10. The second-order valence-corrected chi connectivity index (χ2v) is 12.9. The van der Waals surface area contributed by atoms with Crippen molar-refractivity contribution in [3.05, 3.63) is 167 Å². The molecular weight excluding hydrogens is 545 g/mol. The first-order valence-electron chi connectivity index (χ1n) is 13.3. The highest BCUT2D eigenvalue weighted by atomic mass is 35.5. The molecule has 0 spiro atoms. The van der Waals surface area contributed by atoms with Gasteiger partial charge in [0.25, 0.3) is 5.56 Å². The van der Waals surface area contributed by atoms with E-state index in [-0.39, 0.29) is 18.0 Å². The molecule has 0 fully saturated rings. The molecule has 0 atom stereocenters. The Kier molecular flexibility index (Phi) is 8.45. The lowest BCUT2D eigenvalue weighted by Crippen LogP contribution is -3.00. The fraction of sp³-hybridized carbons (Fsp3) is 0.0286. The van der Waals surface area contributed by atoms with E-state index in [9.17, 15) is 4.79 Å². The van der Waals surface area contributed by atoms with Gasteiger partial charge < -0.3 is 12.4 Å². The molecule has 0 aliphatic rings. The minimum Gasteiger partial charge on any atom is -1.00 e. The van der Waals surface area contributed by atoms with Crippen LogP contribution in [0.5, 0.6) is 0 Å². The van der Waals surface area contributed by atoms with E-state index in [4.69, 9.17) is 4.99 Å². The maximum absolute atomic E-state index is 13.4. The molecule has 4 nitrogen and oxygen atoms in total. The second-order valence-electron chi connectivity index (χ2n) is 9.55. The molecule has 6 heteroatoms. The predicted molar refractivity (Wildman–Crippen MR) is 170 cm³/mol. The van der Waals surface area contributed by atoms with Crippen LogP contribution in [-0.4, -0.2) is 16.0 Å². The number of hydrogen-bond donors (Lipinski definition) is 1. The second kappa shape index (κ2) is 12.3. The molecule has 202 valence electrons. The van der Waals surface area contributed by atoms with Gasteiger partial charge in [0.2, 0.25) is 0 Å². The maximum atomic E-state index is 13.4. The summed E-state index contributed by atoms with van der Waals surface area (Å²) in [6, 6.07) is 50.1. The van der Waals surface area contributed by atoms with Gasteiger partial charge in [-0.15, -0.1) is 0 Å². The number of rotatable bonds is 7. The summed E-state index contributed by atoms with van der Waals surface area (Å²) < 4.78 is 1.57. The van der Waals surface area contributed by atoms with Crippen molar-refractivity contribution in [3.8, 4) is 5.69 Å². The fourth-order valence-electron chi connectivity index (χ4n) is 5.28. The topological polar surface area (TPSA) is 50.1 Å². The van der Waals surface area contributed by atoms with E-state index >= 15 is 0 Å². The van der Waals surface area contributed by atoms with Crippen LogP contribution in [-0.2, 0) is 0 Å². The third-order valence-electron chi connectivity index (χ3n) is 7.14. The molecule has 1 aromatic heterocycles. The quantitative estimate of drug-likeness (QED) is 0.232. The first-order valence-corrected chi connectivity index (χ1v) is 15.0. The molecule has 6 aromatic rings. The summed E-state index contributed by atoms with van der Waals surface area (Å²) in [6.07, 6.45) is 1.71. The predicted octanol–water partition coefficient (Wildman–Crippen LogP) is 2.85. The van der Waals surface area contributed by atoms with Crippen LogP contribution in [0.4, 0.5) is 5.69 Å². The van der Waals surface area contributed by atoms with E-state index in [2.05, 4.69) is 108 Å². The van der Waals surface area contributed by atoms with Crippen molar-refractivity contribution in [3.63, 3.8) is 0 Å². The Morgan fingerprint density at radius 1 is 0.634 bits per heavy atom. The molecule has 1 heterocycles. The van der Waals surface area contributed by atoms with Crippen LogP contribution in [0.15, 0.2) is 155 Å². The number of aliphatic imine (C=N–C) groups is 1. The van der Waals surface area contributed by atoms with Gasteiger partial charge in [-0.25, -0.2) is 4.68 Å². The third-order valence-corrected chi connectivity index (χ3v) is 11.5. The van der Waals surface area contributed by atoms with Gasteiger partial charge in [0, 0.05) is 11.9 Å². The number of aryl methyl sites for hydroxylation is 1. The molecular formula is C35H29ClN3OP. The van der Waals surface area contributed by atoms with E-state index in [0.717, 1.165) is 22.4 Å². The van der Waals surface area contributed by atoms with Gasteiger partial charge in [0.15, 0.2) is 0 Å². The van der Waals surface area contributed by atoms with Crippen LogP contribution in [0.3, 0.4) is 0 Å². The summed E-state index contributed by atoms with van der Waals surface area (Å²) in [5.41, 5.74) is 2.82. The third kappa shape index (κ3) is 5.20. The molecule has 1 N–H and O–H groups in total. The molecule has 0 unspecified atom stereocenters. The lowest BCUT2D eigenvalue weighted by molar-refractivity contribution is -0.00000786. The van der Waals surface area contributed by atoms with Crippen LogP contribution >= 0.6 is 7.26 Å². The summed E-state index contributed by atoms with van der Waals surface area (Å²) in [5.74, 6) is 0. The van der Waals surface area contributed by atoms with Crippen LogP contribution in [0.25, 0.3) is 5.69 Å². The average Bonchev–Trinajstić information content (AvgIpc) is 3.31. The van der Waals surface area contributed by atoms with Gasteiger partial charge in [-0.3, -0.25) is 14.9 Å². The maximum Gasteiger partial charge on any atom is 0.280 e. The van der Waals surface area contributed by atoms with Crippen LogP contribution < -0.4 is 39.2 Å². The summed E-state index contributed by atoms with van der Waals surface area (Å²) >= 11 is 0. The number of halogens is 1. The Morgan fingerprint density at radius 2 is 1.07 bits per heavy atom. The number of aromatic amines is 1. The SMILES string of the molecule is Cc1[nH]n(-c2ccccc2)c(=O)c1C=Nc1ccccc1[P+](c1ccccc1)(c1ccccc1)c1ccccc1.[Cl-]. The van der Waals surface area contributed by atoms with Crippen molar-refractivity contribution < 1.29 is 12.4 Å². The lowest BCUT2D eigenvalue weighted by Gasteiger charge is -2.28. The molecule has 0 aliphatic carbocycles. The summed E-state index contributed by atoms with van der Waals surface area (Å²) in [7, 11) is -2.34. The van der Waals surface area contributed by atoms with Crippen molar-refractivity contribution in [1.82, 2.24) is 9.78 Å². The molecule has 0 aliphatic heterocycles. The van der Waals surface area contributed by atoms with E-state index in [1.807, 2.05) is 49.4 Å². The highest BCUT2D eigenvalue weighted by Gasteiger charge is 2.49. The summed E-state index contributed by atoms with van der Waals surface area (Å²) in [6.45, 7) is 1.91. The molecule has 41 heavy (non-hydrogen) atoms. The van der Waals surface area contributed by atoms with Crippen molar-refractivity contribution >= 4 is 40.4 Å². The van der Waals surface area contributed by atoms with Crippen LogP contribution in [0.2, 0.25) is 0 Å². The number of benzene rings is 5. The van der Waals surface area contributed by atoms with Crippen molar-refractivity contribution in [2.24, 2.45) is 4.99 Å². The Hall–Kier alpha value is -4.50. The van der Waals surface area contributed by atoms with Gasteiger partial charge in [0.1, 0.15) is 34.2 Å². The smallest absolute Gasteiger partial charge is 0.280 e. The van der Waals surface area contributed by atoms with Crippen molar-refractivity contribution in [1.29, 1.82) is 0 Å². The lowest BCUT2D eigenvalue weighted by atomic mass is 10.2. The number of nitrogens with one attached hydrogen (secondary N) is 1. The van der Waals surface area contributed by atoms with Gasteiger partial charge in [-0.2, -0.15) is 0 Å². The normalized spacial score (nSPS) is 11.3. The van der Waals surface area contributed by atoms with Gasteiger partial charge in [-0.05, 0) is 67.6 Å². The highest BCUT2D eigenvalue weighted by Crippen LogP contribution is 2.56. The zero-order chi connectivity index (χ0) is 27.4. The van der Waals surface area contributed by atoms with Gasteiger partial charge in [0.05, 0.1) is 11.3 Å².